The summed E-state index contributed by atoms with van der Waals surface area (Å²) in [5, 5.41) is 15.2. The SMILES string of the molecule is CC[C@@H](Nc1ccc(C)cc1)C(=O)Nc1nnc(C)s1. The third kappa shape index (κ3) is 3.77. The number of nitrogens with zero attached hydrogens (tertiary/aromatic N) is 2. The van der Waals surface area contributed by atoms with E-state index in [0.717, 1.165) is 10.7 Å². The lowest BCUT2D eigenvalue weighted by atomic mass is 10.1. The number of rotatable bonds is 5. The van der Waals surface area contributed by atoms with Crippen molar-refractivity contribution in [2.75, 3.05) is 10.6 Å². The van der Waals surface area contributed by atoms with Crippen molar-refractivity contribution in [3.05, 3.63) is 34.8 Å². The third-order valence-electron chi connectivity index (χ3n) is 2.87. The highest BCUT2D eigenvalue weighted by Crippen LogP contribution is 2.16. The number of amides is 1. The van der Waals surface area contributed by atoms with Crippen LogP contribution >= 0.6 is 11.3 Å². The van der Waals surface area contributed by atoms with Gasteiger partial charge in [0, 0.05) is 5.69 Å². The zero-order valence-corrected chi connectivity index (χ0v) is 12.6. The minimum Gasteiger partial charge on any atom is -0.374 e. The summed E-state index contributed by atoms with van der Waals surface area (Å²) < 4.78 is 0. The monoisotopic (exact) mass is 290 g/mol. The molecule has 2 N–H and O–H groups in total. The highest BCUT2D eigenvalue weighted by atomic mass is 32.1. The molecule has 2 rings (SSSR count). The molecule has 0 aliphatic heterocycles. The Morgan fingerprint density at radius 3 is 2.50 bits per heavy atom. The maximum atomic E-state index is 12.2. The standard InChI is InChI=1S/C14H18N4OS/c1-4-12(15-11-7-5-9(2)6-8-11)13(19)16-14-18-17-10(3)20-14/h5-8,12,15H,4H2,1-3H3,(H,16,18,19)/t12-/m1/s1. The second kappa shape index (κ2) is 6.47. The Kier molecular flexibility index (Phi) is 4.68. The fourth-order valence-electron chi connectivity index (χ4n) is 1.74. The van der Waals surface area contributed by atoms with Crippen LogP contribution in [0.25, 0.3) is 0 Å². The lowest BCUT2D eigenvalue weighted by Gasteiger charge is -2.17. The van der Waals surface area contributed by atoms with Crippen LogP contribution in [-0.4, -0.2) is 22.1 Å². The molecule has 1 aromatic heterocycles. The lowest BCUT2D eigenvalue weighted by molar-refractivity contribution is -0.117. The van der Waals surface area contributed by atoms with E-state index in [0.29, 0.717) is 11.6 Å². The summed E-state index contributed by atoms with van der Waals surface area (Å²) in [5.41, 5.74) is 2.13. The lowest BCUT2D eigenvalue weighted by Crippen LogP contribution is -2.34. The predicted octanol–water partition coefficient (Wildman–Crippen LogP) is 2.98. The highest BCUT2D eigenvalue weighted by Gasteiger charge is 2.17. The van der Waals surface area contributed by atoms with Crippen LogP contribution in [-0.2, 0) is 4.79 Å². The Balaban J connectivity index is 2.00. The normalized spacial score (nSPS) is 11.9. The molecule has 0 spiro atoms. The number of hydrogen-bond donors (Lipinski definition) is 2. The van der Waals surface area contributed by atoms with Crippen LogP contribution in [0, 0.1) is 13.8 Å². The first kappa shape index (κ1) is 14.5. The molecule has 0 radical (unpaired) electrons. The van der Waals surface area contributed by atoms with Crippen LogP contribution in [0.3, 0.4) is 0 Å². The minimum absolute atomic E-state index is 0.0933. The van der Waals surface area contributed by atoms with E-state index in [1.807, 2.05) is 45.0 Å². The quantitative estimate of drug-likeness (QED) is 0.888. The molecule has 0 aliphatic carbocycles. The molecular weight excluding hydrogens is 272 g/mol. The summed E-state index contributed by atoms with van der Waals surface area (Å²) in [5.74, 6) is -0.0933. The second-order valence-corrected chi connectivity index (χ2v) is 5.77. The van der Waals surface area contributed by atoms with E-state index in [1.165, 1.54) is 16.9 Å². The number of carbonyl (C=O) groups excluding carboxylic acids is 1. The van der Waals surface area contributed by atoms with Gasteiger partial charge in [0.15, 0.2) is 0 Å². The Morgan fingerprint density at radius 1 is 1.25 bits per heavy atom. The minimum atomic E-state index is -0.290. The molecule has 0 fully saturated rings. The molecule has 106 valence electrons. The van der Waals surface area contributed by atoms with Gasteiger partial charge >= 0.3 is 0 Å². The topological polar surface area (TPSA) is 66.9 Å². The number of aromatic nitrogens is 2. The van der Waals surface area contributed by atoms with Crippen LogP contribution in [0.1, 0.15) is 23.9 Å². The van der Waals surface area contributed by atoms with Crippen molar-refractivity contribution in [1.29, 1.82) is 0 Å². The van der Waals surface area contributed by atoms with E-state index in [2.05, 4.69) is 20.8 Å². The van der Waals surface area contributed by atoms with Crippen molar-refractivity contribution in [3.8, 4) is 0 Å². The molecule has 0 saturated carbocycles. The highest BCUT2D eigenvalue weighted by molar-refractivity contribution is 7.15. The van der Waals surface area contributed by atoms with Gasteiger partial charge in [0.25, 0.3) is 0 Å². The summed E-state index contributed by atoms with van der Waals surface area (Å²) in [7, 11) is 0. The van der Waals surface area contributed by atoms with E-state index in [4.69, 9.17) is 0 Å². The number of anilines is 2. The van der Waals surface area contributed by atoms with E-state index in [1.54, 1.807) is 0 Å². The average Bonchev–Trinajstić information content (AvgIpc) is 2.83. The number of benzene rings is 1. The molecule has 5 nitrogen and oxygen atoms in total. The average molecular weight is 290 g/mol. The van der Waals surface area contributed by atoms with E-state index < -0.39 is 0 Å². The Morgan fingerprint density at radius 2 is 1.95 bits per heavy atom. The maximum absolute atomic E-state index is 12.2. The zero-order chi connectivity index (χ0) is 14.5. The van der Waals surface area contributed by atoms with Gasteiger partial charge in [-0.2, -0.15) is 0 Å². The van der Waals surface area contributed by atoms with Crippen molar-refractivity contribution in [3.63, 3.8) is 0 Å². The van der Waals surface area contributed by atoms with E-state index in [-0.39, 0.29) is 11.9 Å². The van der Waals surface area contributed by atoms with Crippen LogP contribution in [0.2, 0.25) is 0 Å². The summed E-state index contributed by atoms with van der Waals surface area (Å²) in [6, 6.07) is 7.69. The number of aryl methyl sites for hydroxylation is 2. The first-order valence-electron chi connectivity index (χ1n) is 6.52. The van der Waals surface area contributed by atoms with Gasteiger partial charge in [-0.15, -0.1) is 10.2 Å². The van der Waals surface area contributed by atoms with E-state index in [9.17, 15) is 4.79 Å². The Labute approximate surface area is 122 Å². The molecule has 2 aromatic rings. The first-order chi connectivity index (χ1) is 9.58. The Hall–Kier alpha value is -1.95. The molecule has 1 heterocycles. The summed E-state index contributed by atoms with van der Waals surface area (Å²) >= 11 is 1.37. The van der Waals surface area contributed by atoms with E-state index >= 15 is 0 Å². The largest absolute Gasteiger partial charge is 0.374 e. The molecule has 0 aliphatic rings. The van der Waals surface area contributed by atoms with Gasteiger partial charge in [-0.3, -0.25) is 10.1 Å². The molecule has 0 bridgehead atoms. The van der Waals surface area contributed by atoms with Crippen molar-refractivity contribution < 1.29 is 4.79 Å². The Bertz CT molecular complexity index is 579. The predicted molar refractivity (Wildman–Crippen MR) is 82.2 cm³/mol. The third-order valence-corrected chi connectivity index (χ3v) is 3.63. The van der Waals surface area contributed by atoms with Crippen molar-refractivity contribution in [1.82, 2.24) is 10.2 Å². The summed E-state index contributed by atoms with van der Waals surface area (Å²) in [6.07, 6.45) is 0.692. The molecule has 0 unspecified atom stereocenters. The summed E-state index contributed by atoms with van der Waals surface area (Å²) in [4.78, 5) is 12.2. The van der Waals surface area contributed by atoms with Crippen LogP contribution in [0.15, 0.2) is 24.3 Å². The van der Waals surface area contributed by atoms with Gasteiger partial charge < -0.3 is 5.32 Å². The second-order valence-electron chi connectivity index (χ2n) is 4.59. The maximum Gasteiger partial charge on any atom is 0.248 e. The molecule has 1 atom stereocenters. The fraction of sp³-hybridized carbons (Fsp3) is 0.357. The van der Waals surface area contributed by atoms with Crippen molar-refractivity contribution in [2.24, 2.45) is 0 Å². The zero-order valence-electron chi connectivity index (χ0n) is 11.8. The van der Waals surface area contributed by atoms with Gasteiger partial charge in [-0.05, 0) is 32.4 Å². The molecular formula is C14H18N4OS. The molecule has 1 amide bonds. The van der Waals surface area contributed by atoms with Crippen molar-refractivity contribution in [2.45, 2.75) is 33.2 Å². The number of hydrogen-bond acceptors (Lipinski definition) is 5. The van der Waals surface area contributed by atoms with Crippen molar-refractivity contribution >= 4 is 28.1 Å². The van der Waals surface area contributed by atoms with Gasteiger partial charge in [0.2, 0.25) is 11.0 Å². The molecule has 20 heavy (non-hydrogen) atoms. The van der Waals surface area contributed by atoms with Crippen LogP contribution in [0.5, 0.6) is 0 Å². The smallest absolute Gasteiger partial charge is 0.248 e. The van der Waals surface area contributed by atoms with Crippen LogP contribution in [0.4, 0.5) is 10.8 Å². The number of carbonyl (C=O) groups is 1. The fourth-order valence-corrected chi connectivity index (χ4v) is 2.34. The first-order valence-corrected chi connectivity index (χ1v) is 7.34. The van der Waals surface area contributed by atoms with Gasteiger partial charge in [0.05, 0.1) is 0 Å². The van der Waals surface area contributed by atoms with Gasteiger partial charge in [-0.1, -0.05) is 36.0 Å². The number of nitrogens with one attached hydrogen (secondary N) is 2. The molecule has 0 saturated heterocycles. The molecule has 1 aromatic carbocycles. The van der Waals surface area contributed by atoms with Gasteiger partial charge in [-0.25, -0.2) is 0 Å². The summed E-state index contributed by atoms with van der Waals surface area (Å²) in [6.45, 7) is 5.86. The van der Waals surface area contributed by atoms with Gasteiger partial charge in [0.1, 0.15) is 11.0 Å². The molecule has 6 heteroatoms. The van der Waals surface area contributed by atoms with Crippen LogP contribution < -0.4 is 10.6 Å².